The predicted octanol–water partition coefficient (Wildman–Crippen LogP) is 24.3. The summed E-state index contributed by atoms with van der Waals surface area (Å²) in [7, 11) is 0. The van der Waals surface area contributed by atoms with Crippen molar-refractivity contribution in [1.82, 2.24) is 0 Å². The third-order valence-electron chi connectivity index (χ3n) is 15.7. The Morgan fingerprint density at radius 2 is 0.450 bits per heavy atom. The number of esters is 3. The highest BCUT2D eigenvalue weighted by Crippen LogP contribution is 2.17. The third kappa shape index (κ3) is 65.9. The van der Waals surface area contributed by atoms with Gasteiger partial charge in [0.1, 0.15) is 13.2 Å². The molecule has 0 fully saturated rings. The molecule has 0 amide bonds. The van der Waals surface area contributed by atoms with Crippen LogP contribution in [-0.2, 0) is 28.6 Å². The number of hydrogen-bond donors (Lipinski definition) is 0. The highest BCUT2D eigenvalue weighted by molar-refractivity contribution is 5.71. The first kappa shape index (κ1) is 77.1. The second kappa shape index (κ2) is 68.6. The molecule has 0 bridgehead atoms. The van der Waals surface area contributed by atoms with Crippen LogP contribution in [0, 0.1) is 0 Å². The molecule has 1 atom stereocenters. The number of hydrogen-bond acceptors (Lipinski definition) is 6. The van der Waals surface area contributed by atoms with Gasteiger partial charge >= 0.3 is 17.9 Å². The van der Waals surface area contributed by atoms with E-state index in [-0.39, 0.29) is 31.1 Å². The first-order chi connectivity index (χ1) is 39.5. The van der Waals surface area contributed by atoms with E-state index in [4.69, 9.17) is 14.2 Å². The lowest BCUT2D eigenvalue weighted by molar-refractivity contribution is -0.167. The lowest BCUT2D eigenvalue weighted by atomic mass is 10.0. The van der Waals surface area contributed by atoms with E-state index in [1.54, 1.807) is 0 Å². The van der Waals surface area contributed by atoms with Gasteiger partial charge in [0.25, 0.3) is 0 Å². The van der Waals surface area contributed by atoms with Crippen molar-refractivity contribution in [2.24, 2.45) is 0 Å². The van der Waals surface area contributed by atoms with Crippen LogP contribution in [0.3, 0.4) is 0 Å². The van der Waals surface area contributed by atoms with Gasteiger partial charge in [0.05, 0.1) is 0 Å². The highest BCUT2D eigenvalue weighted by atomic mass is 16.6. The van der Waals surface area contributed by atoms with Crippen molar-refractivity contribution in [3.63, 3.8) is 0 Å². The van der Waals surface area contributed by atoms with Crippen molar-refractivity contribution >= 4 is 17.9 Å². The van der Waals surface area contributed by atoms with Gasteiger partial charge in [-0.3, -0.25) is 14.4 Å². The van der Waals surface area contributed by atoms with Crippen molar-refractivity contribution in [3.8, 4) is 0 Å². The first-order valence-corrected chi connectivity index (χ1v) is 35.3. The summed E-state index contributed by atoms with van der Waals surface area (Å²) in [5.41, 5.74) is 0. The topological polar surface area (TPSA) is 78.9 Å². The van der Waals surface area contributed by atoms with E-state index in [1.165, 1.54) is 250 Å². The minimum atomic E-state index is -0.782. The molecule has 0 N–H and O–H groups in total. The van der Waals surface area contributed by atoms with Crippen LogP contribution in [0.2, 0.25) is 0 Å². The summed E-state index contributed by atoms with van der Waals surface area (Å²) in [4.78, 5) is 38.4. The molecule has 0 aliphatic heterocycles. The van der Waals surface area contributed by atoms with Crippen molar-refractivity contribution in [1.29, 1.82) is 0 Å². The maximum absolute atomic E-state index is 12.9. The molecule has 0 saturated heterocycles. The molecule has 80 heavy (non-hydrogen) atoms. The Morgan fingerprint density at radius 1 is 0.250 bits per heavy atom. The maximum Gasteiger partial charge on any atom is 0.306 e. The summed E-state index contributed by atoms with van der Waals surface area (Å²) in [5, 5.41) is 0. The lowest BCUT2D eigenvalue weighted by Crippen LogP contribution is -2.30. The zero-order valence-corrected chi connectivity index (χ0v) is 53.6. The number of allylic oxidation sites excluding steroid dienone is 10. The van der Waals surface area contributed by atoms with Gasteiger partial charge in [0.15, 0.2) is 6.10 Å². The summed E-state index contributed by atoms with van der Waals surface area (Å²) < 4.78 is 17.0. The molecule has 0 aromatic rings. The Bertz CT molecular complexity index is 1430. The van der Waals surface area contributed by atoms with Gasteiger partial charge in [-0.05, 0) is 109 Å². The molecular formula is C74H134O6. The number of unbranched alkanes of at least 4 members (excludes halogenated alkanes) is 44. The van der Waals surface area contributed by atoms with Crippen LogP contribution in [0.1, 0.15) is 374 Å². The number of rotatable bonds is 65. The van der Waals surface area contributed by atoms with Crippen molar-refractivity contribution in [2.75, 3.05) is 13.2 Å². The van der Waals surface area contributed by atoms with E-state index in [0.717, 1.165) is 83.5 Å². The Hall–Kier alpha value is -2.89. The van der Waals surface area contributed by atoms with Crippen LogP contribution in [0.4, 0.5) is 0 Å². The molecule has 1 unspecified atom stereocenters. The fourth-order valence-electron chi connectivity index (χ4n) is 10.4. The van der Waals surface area contributed by atoms with E-state index in [2.05, 4.69) is 81.5 Å². The van der Waals surface area contributed by atoms with E-state index >= 15 is 0 Å². The first-order valence-electron chi connectivity index (χ1n) is 35.3. The fraction of sp³-hybridized carbons (Fsp3) is 0.824. The van der Waals surface area contributed by atoms with Crippen molar-refractivity contribution in [2.45, 2.75) is 380 Å². The van der Waals surface area contributed by atoms with E-state index < -0.39 is 6.10 Å². The quantitative estimate of drug-likeness (QED) is 0.0261. The Balaban J connectivity index is 4.29. The van der Waals surface area contributed by atoms with Crippen LogP contribution in [-0.4, -0.2) is 37.2 Å². The zero-order chi connectivity index (χ0) is 57.8. The van der Waals surface area contributed by atoms with Gasteiger partial charge < -0.3 is 14.2 Å². The van der Waals surface area contributed by atoms with Crippen LogP contribution >= 0.6 is 0 Å². The van der Waals surface area contributed by atoms with Crippen LogP contribution in [0.5, 0.6) is 0 Å². The zero-order valence-electron chi connectivity index (χ0n) is 53.6. The SMILES string of the molecule is CCCCCC/C=C\C/C=C\CCCCCCCC(=O)OCC(COC(=O)CCCCCCCCCCCCCCCCC/C=C\C/C=C\CCCCCCC)OC(=O)CCCCCCCCCCC/C=C\CCCCCCCC. The summed E-state index contributed by atoms with van der Waals surface area (Å²) in [6.45, 7) is 6.65. The van der Waals surface area contributed by atoms with Gasteiger partial charge in [-0.25, -0.2) is 0 Å². The molecule has 0 aromatic heterocycles. The molecule has 0 aromatic carbocycles. The number of carbonyl (C=O) groups excluding carboxylic acids is 3. The Labute approximate surface area is 498 Å². The maximum atomic E-state index is 12.9. The molecule has 0 spiro atoms. The van der Waals surface area contributed by atoms with Gasteiger partial charge in [0.2, 0.25) is 0 Å². The molecule has 0 radical (unpaired) electrons. The average Bonchev–Trinajstić information content (AvgIpc) is 3.46. The molecule has 0 aliphatic carbocycles. The second-order valence-electron chi connectivity index (χ2n) is 23.8. The van der Waals surface area contributed by atoms with E-state index in [0.29, 0.717) is 19.3 Å². The molecular weight excluding hydrogens is 985 g/mol. The van der Waals surface area contributed by atoms with Gasteiger partial charge in [0, 0.05) is 19.3 Å². The summed E-state index contributed by atoms with van der Waals surface area (Å²) in [5.74, 6) is -0.871. The normalized spacial score (nSPS) is 12.4. The van der Waals surface area contributed by atoms with Crippen molar-refractivity contribution < 1.29 is 28.6 Å². The Morgan fingerprint density at radius 3 is 0.713 bits per heavy atom. The standard InChI is InChI=1S/C74H134O6/c1-4-7-10-13-16-19-22-25-28-31-33-34-35-36-37-38-39-40-42-43-46-49-52-55-58-61-64-67-73(76)79-70-71(69-78-72(75)66-63-60-57-54-51-48-45-30-27-24-21-18-15-12-9-6-3)80-74(77)68-65-62-59-56-53-50-47-44-41-32-29-26-23-20-17-14-11-8-5-2/h21-22,24-26,29-31,33,45,71H,4-20,23,27-28,32,34-44,46-70H2,1-3H3/b24-21-,25-22-,29-26-,33-31-,45-30-. The molecule has 0 rings (SSSR count). The van der Waals surface area contributed by atoms with E-state index in [1.807, 2.05) is 0 Å². The second-order valence-corrected chi connectivity index (χ2v) is 23.8. The molecule has 0 saturated carbocycles. The number of carbonyl (C=O) groups is 3. The van der Waals surface area contributed by atoms with Gasteiger partial charge in [-0.1, -0.05) is 306 Å². The average molecular weight is 1120 g/mol. The van der Waals surface area contributed by atoms with Gasteiger partial charge in [-0.15, -0.1) is 0 Å². The third-order valence-corrected chi connectivity index (χ3v) is 15.7. The molecule has 6 heteroatoms. The van der Waals surface area contributed by atoms with Crippen LogP contribution in [0.15, 0.2) is 60.8 Å². The van der Waals surface area contributed by atoms with Gasteiger partial charge in [-0.2, -0.15) is 0 Å². The largest absolute Gasteiger partial charge is 0.462 e. The number of ether oxygens (including phenoxy) is 3. The predicted molar refractivity (Wildman–Crippen MR) is 348 cm³/mol. The minimum Gasteiger partial charge on any atom is -0.462 e. The molecule has 0 heterocycles. The minimum absolute atomic E-state index is 0.0766. The molecule has 6 nitrogen and oxygen atoms in total. The van der Waals surface area contributed by atoms with Crippen LogP contribution in [0.25, 0.3) is 0 Å². The fourth-order valence-corrected chi connectivity index (χ4v) is 10.4. The van der Waals surface area contributed by atoms with Crippen LogP contribution < -0.4 is 0 Å². The summed E-state index contributed by atoms with van der Waals surface area (Å²) in [6.07, 6.45) is 88.1. The van der Waals surface area contributed by atoms with Crippen molar-refractivity contribution in [3.05, 3.63) is 60.8 Å². The summed E-state index contributed by atoms with van der Waals surface area (Å²) >= 11 is 0. The smallest absolute Gasteiger partial charge is 0.306 e. The lowest BCUT2D eigenvalue weighted by Gasteiger charge is -2.18. The monoisotopic (exact) mass is 1120 g/mol. The highest BCUT2D eigenvalue weighted by Gasteiger charge is 2.19. The summed E-state index contributed by atoms with van der Waals surface area (Å²) in [6, 6.07) is 0. The van der Waals surface area contributed by atoms with E-state index in [9.17, 15) is 14.4 Å². The Kier molecular flexibility index (Phi) is 66.1. The molecule has 466 valence electrons. The molecule has 0 aliphatic rings.